The number of likely N-dealkylation sites (N-methyl/N-ethyl adjacent to an activating group) is 1. The molecule has 2 fully saturated rings. The van der Waals surface area contributed by atoms with Gasteiger partial charge in [-0.05, 0) is 71.7 Å². The maximum Gasteiger partial charge on any atom is 0.308 e. The Bertz CT molecular complexity index is 912. The summed E-state index contributed by atoms with van der Waals surface area (Å²) in [5.41, 5.74) is -0.621. The number of hydrogen-bond donors (Lipinski definition) is 3. The summed E-state index contributed by atoms with van der Waals surface area (Å²) in [5.74, 6) is -2.04. The molecular weight excluding hydrogens is 530 g/mol. The molecule has 3 aliphatic rings. The lowest BCUT2D eigenvalue weighted by atomic mass is 9.79. The number of ketones is 1. The second kappa shape index (κ2) is 14.4. The Kier molecular flexibility index (Phi) is 12.0. The van der Waals surface area contributed by atoms with Gasteiger partial charge in [0.2, 0.25) is 0 Å². The predicted octanol–water partition coefficient (Wildman–Crippen LogP) is 2.46. The van der Waals surface area contributed by atoms with Crippen molar-refractivity contribution in [2.24, 2.45) is 23.7 Å². The Morgan fingerprint density at radius 1 is 1.10 bits per heavy atom. The Morgan fingerprint density at radius 3 is 2.39 bits per heavy atom. The van der Waals surface area contributed by atoms with E-state index < -0.39 is 54.1 Å². The van der Waals surface area contributed by atoms with E-state index in [9.17, 15) is 24.9 Å². The van der Waals surface area contributed by atoms with Crippen LogP contribution in [0.5, 0.6) is 0 Å². The van der Waals surface area contributed by atoms with E-state index in [2.05, 4.69) is 0 Å². The molecule has 0 radical (unpaired) electrons. The maximum absolute atomic E-state index is 13.2. The van der Waals surface area contributed by atoms with E-state index in [0.717, 1.165) is 0 Å². The zero-order chi connectivity index (χ0) is 30.6. The smallest absolute Gasteiger partial charge is 0.308 e. The van der Waals surface area contributed by atoms with Gasteiger partial charge in [-0.15, -0.1) is 0 Å². The molecule has 10 heteroatoms. The molecule has 10 nitrogen and oxygen atoms in total. The second-order valence-corrected chi connectivity index (χ2v) is 13.0. The third kappa shape index (κ3) is 8.37. The van der Waals surface area contributed by atoms with Crippen LogP contribution in [0.3, 0.4) is 0 Å². The molecule has 0 spiro atoms. The molecule has 41 heavy (non-hydrogen) atoms. The lowest BCUT2D eigenvalue weighted by molar-refractivity contribution is -0.283. The van der Waals surface area contributed by atoms with Crippen LogP contribution in [-0.2, 0) is 28.5 Å². The van der Waals surface area contributed by atoms with Crippen molar-refractivity contribution in [1.82, 2.24) is 4.90 Å². The number of cyclic esters (lactones) is 1. The zero-order valence-corrected chi connectivity index (χ0v) is 26.1. The van der Waals surface area contributed by atoms with E-state index in [0.29, 0.717) is 25.7 Å². The van der Waals surface area contributed by atoms with Gasteiger partial charge < -0.3 is 39.2 Å². The molecule has 3 N–H and O–H groups in total. The Labute approximate surface area is 245 Å². The summed E-state index contributed by atoms with van der Waals surface area (Å²) in [6, 6.07) is -0.199. The van der Waals surface area contributed by atoms with Crippen molar-refractivity contribution in [3.05, 3.63) is 12.2 Å². The SMILES string of the molecule is CC[C@H]1OC(=O)C[C@@H](O)[C@H](C)C(O[C@@H]2O[C@H](C)C[C@H](N(C)C)[C@H]2O)[C@@H](CCO)C[C@@H](C)C(=O)/C=C/[C@]2(C)O[C@H]2[C@@H]1C. The summed E-state index contributed by atoms with van der Waals surface area (Å²) >= 11 is 0. The summed E-state index contributed by atoms with van der Waals surface area (Å²) in [6.07, 6.45) is 0.468. The second-order valence-electron chi connectivity index (χ2n) is 13.0. The van der Waals surface area contributed by atoms with Gasteiger partial charge in [0.25, 0.3) is 0 Å². The Morgan fingerprint density at radius 2 is 1.78 bits per heavy atom. The van der Waals surface area contributed by atoms with Gasteiger partial charge in [-0.2, -0.15) is 0 Å². The molecule has 13 atom stereocenters. The third-order valence-corrected chi connectivity index (χ3v) is 9.39. The van der Waals surface area contributed by atoms with E-state index in [-0.39, 0.29) is 48.9 Å². The van der Waals surface area contributed by atoms with Gasteiger partial charge in [0, 0.05) is 30.4 Å². The van der Waals surface area contributed by atoms with Gasteiger partial charge in [0.1, 0.15) is 17.8 Å². The Balaban J connectivity index is 1.95. The molecule has 2 saturated heterocycles. The third-order valence-electron chi connectivity index (χ3n) is 9.39. The molecule has 0 aromatic heterocycles. The van der Waals surface area contributed by atoms with Crippen molar-refractivity contribution in [2.45, 2.75) is 128 Å². The molecule has 0 saturated carbocycles. The molecule has 3 aliphatic heterocycles. The molecule has 0 aliphatic carbocycles. The van der Waals surface area contributed by atoms with Gasteiger partial charge in [-0.1, -0.05) is 27.7 Å². The molecule has 0 aromatic rings. The van der Waals surface area contributed by atoms with Gasteiger partial charge in [0.15, 0.2) is 12.1 Å². The van der Waals surface area contributed by atoms with Crippen molar-refractivity contribution in [3.8, 4) is 0 Å². The van der Waals surface area contributed by atoms with Crippen molar-refractivity contribution < 1.29 is 43.9 Å². The van der Waals surface area contributed by atoms with E-state index in [1.54, 1.807) is 19.1 Å². The van der Waals surface area contributed by atoms with Crippen LogP contribution in [0, 0.1) is 23.7 Å². The minimum absolute atomic E-state index is 0.0659. The molecule has 3 heterocycles. The van der Waals surface area contributed by atoms with Crippen LogP contribution in [0.25, 0.3) is 0 Å². The topological polar surface area (TPSA) is 138 Å². The van der Waals surface area contributed by atoms with Crippen molar-refractivity contribution in [1.29, 1.82) is 0 Å². The normalized spacial score (nSPS) is 45.7. The number of nitrogens with zero attached hydrogens (tertiary/aromatic N) is 1. The first kappa shape index (κ1) is 34.1. The van der Waals surface area contributed by atoms with Gasteiger partial charge in [0.05, 0.1) is 30.8 Å². The van der Waals surface area contributed by atoms with Crippen molar-refractivity contribution in [3.63, 3.8) is 0 Å². The van der Waals surface area contributed by atoms with Crippen LogP contribution in [0.1, 0.15) is 73.6 Å². The lowest BCUT2D eigenvalue weighted by Gasteiger charge is -2.44. The van der Waals surface area contributed by atoms with Gasteiger partial charge in [-0.3, -0.25) is 9.59 Å². The lowest BCUT2D eigenvalue weighted by Crippen LogP contribution is -2.56. The Hall–Kier alpha value is -1.40. The van der Waals surface area contributed by atoms with Crippen LogP contribution in [0.4, 0.5) is 0 Å². The largest absolute Gasteiger partial charge is 0.462 e. The average molecular weight is 584 g/mol. The summed E-state index contributed by atoms with van der Waals surface area (Å²) in [7, 11) is 3.78. The molecule has 0 aromatic carbocycles. The predicted molar refractivity (Wildman–Crippen MR) is 153 cm³/mol. The van der Waals surface area contributed by atoms with Crippen molar-refractivity contribution in [2.75, 3.05) is 20.7 Å². The fourth-order valence-electron chi connectivity index (χ4n) is 6.59. The van der Waals surface area contributed by atoms with Crippen LogP contribution in [-0.4, -0.2) is 107 Å². The fraction of sp³-hybridized carbons (Fsp3) is 0.871. The number of allylic oxidation sites excluding steroid dienone is 1. The number of epoxide rings is 1. The number of carbonyl (C=O) groups is 2. The monoisotopic (exact) mass is 583 g/mol. The molecule has 0 amide bonds. The number of esters is 1. The molecule has 3 rings (SSSR count). The van der Waals surface area contributed by atoms with E-state index in [1.807, 2.05) is 53.6 Å². The van der Waals surface area contributed by atoms with Gasteiger partial charge >= 0.3 is 5.97 Å². The molecule has 1 unspecified atom stereocenters. The first-order valence-electron chi connectivity index (χ1n) is 15.3. The minimum Gasteiger partial charge on any atom is -0.462 e. The summed E-state index contributed by atoms with van der Waals surface area (Å²) in [5, 5.41) is 32.5. The highest BCUT2D eigenvalue weighted by molar-refractivity contribution is 5.91. The van der Waals surface area contributed by atoms with Crippen LogP contribution in [0.15, 0.2) is 12.2 Å². The first-order chi connectivity index (χ1) is 19.2. The number of fused-ring (bicyclic) bond motifs is 1. The molecular formula is C31H53NO9. The van der Waals surface area contributed by atoms with E-state index >= 15 is 0 Å². The standard InChI is InChI=1S/C31H53NO9/c1-9-25-20(5)29-31(6,41-29)12-10-23(34)17(2)14-21(11-13-33)28(19(4)24(35)16-26(36)39-25)40-30-27(37)22(32(7)8)15-18(3)38-30/h10,12,17-22,24-25,27-30,33,35,37H,9,11,13-16H2,1-8H3/b12-10+/t17-,18-,19+,20-,21+,22+,24-,25-,27-,28?,29+,30+,31+/m1/s1. The molecule has 0 bridgehead atoms. The van der Waals surface area contributed by atoms with Crippen LogP contribution in [0.2, 0.25) is 0 Å². The van der Waals surface area contributed by atoms with Crippen LogP contribution < -0.4 is 0 Å². The number of rotatable bonds is 6. The highest BCUT2D eigenvalue weighted by Gasteiger charge is 2.55. The highest BCUT2D eigenvalue weighted by atomic mass is 16.7. The quantitative estimate of drug-likeness (QED) is 0.316. The van der Waals surface area contributed by atoms with Gasteiger partial charge in [-0.25, -0.2) is 0 Å². The molecule has 236 valence electrons. The van der Waals surface area contributed by atoms with E-state index in [1.165, 1.54) is 0 Å². The highest BCUT2D eigenvalue weighted by Crippen LogP contribution is 2.45. The minimum atomic E-state index is -1.12. The summed E-state index contributed by atoms with van der Waals surface area (Å²) in [6.45, 7) is 11.2. The number of carbonyl (C=O) groups excluding carboxylic acids is 2. The summed E-state index contributed by atoms with van der Waals surface area (Å²) in [4.78, 5) is 28.2. The van der Waals surface area contributed by atoms with E-state index in [4.69, 9.17) is 18.9 Å². The van der Waals surface area contributed by atoms with Crippen LogP contribution >= 0.6 is 0 Å². The maximum atomic E-state index is 13.2. The summed E-state index contributed by atoms with van der Waals surface area (Å²) < 4.78 is 24.3. The number of aliphatic hydroxyl groups is 3. The first-order valence-corrected chi connectivity index (χ1v) is 15.3. The number of hydrogen-bond acceptors (Lipinski definition) is 10. The average Bonchev–Trinajstić information content (AvgIpc) is 3.60. The number of ether oxygens (including phenoxy) is 4. The van der Waals surface area contributed by atoms with Crippen molar-refractivity contribution >= 4 is 11.8 Å². The fourth-order valence-corrected chi connectivity index (χ4v) is 6.59. The number of aliphatic hydroxyl groups excluding tert-OH is 3. The zero-order valence-electron chi connectivity index (χ0n) is 26.1.